The Morgan fingerprint density at radius 2 is 1.67 bits per heavy atom. The van der Waals surface area contributed by atoms with Gasteiger partial charge in [0, 0.05) is 38.4 Å². The highest BCUT2D eigenvalue weighted by atomic mass is 16.5. The number of carbonyl (C=O) groups is 1. The highest BCUT2D eigenvalue weighted by molar-refractivity contribution is 5.77. The normalized spacial score (nSPS) is 14.8. The number of carbonyl (C=O) groups excluding carboxylic acids is 1. The van der Waals surface area contributed by atoms with Crippen LogP contribution in [0.2, 0.25) is 0 Å². The molecule has 1 amide bonds. The third-order valence-corrected chi connectivity index (χ3v) is 4.93. The summed E-state index contributed by atoms with van der Waals surface area (Å²) in [6.07, 6.45) is 0.819. The van der Waals surface area contributed by atoms with Gasteiger partial charge in [-0.2, -0.15) is 0 Å². The first kappa shape index (κ1) is 19.2. The van der Waals surface area contributed by atoms with Crippen LogP contribution in [0.25, 0.3) is 0 Å². The number of likely N-dealkylation sites (N-methyl/N-ethyl adjacent to an activating group) is 1. The summed E-state index contributed by atoms with van der Waals surface area (Å²) < 4.78 is 5.49. The van der Waals surface area contributed by atoms with Gasteiger partial charge in [0.15, 0.2) is 6.61 Å². The van der Waals surface area contributed by atoms with Gasteiger partial charge in [-0.05, 0) is 50.2 Å². The van der Waals surface area contributed by atoms with Crippen LogP contribution in [0, 0.1) is 6.92 Å². The molecule has 0 radical (unpaired) electrons. The van der Waals surface area contributed by atoms with Crippen molar-refractivity contribution < 1.29 is 9.53 Å². The fourth-order valence-corrected chi connectivity index (χ4v) is 3.12. The van der Waals surface area contributed by atoms with E-state index in [0.717, 1.165) is 38.3 Å². The van der Waals surface area contributed by atoms with Crippen molar-refractivity contribution in [2.75, 3.05) is 51.3 Å². The van der Waals surface area contributed by atoms with E-state index in [-0.39, 0.29) is 12.5 Å². The van der Waals surface area contributed by atoms with Crippen LogP contribution < -0.4 is 15.0 Å². The van der Waals surface area contributed by atoms with Gasteiger partial charge in [-0.3, -0.25) is 4.79 Å². The standard InChI is InChI=1S/C22H29N3O2/c1-18-3-9-21(10-4-18)27-17-22(26)23-12-11-19-5-7-20(8-6-19)25-15-13-24(2)14-16-25/h3-10H,11-17H2,1-2H3,(H,23,26). The molecule has 0 bridgehead atoms. The highest BCUT2D eigenvalue weighted by Gasteiger charge is 2.13. The van der Waals surface area contributed by atoms with Crippen LogP contribution in [0.3, 0.4) is 0 Å². The largest absolute Gasteiger partial charge is 0.484 e. The lowest BCUT2D eigenvalue weighted by atomic mass is 10.1. The number of amides is 1. The second-order valence-electron chi connectivity index (χ2n) is 7.16. The number of aryl methyl sites for hydroxylation is 1. The molecule has 5 heteroatoms. The summed E-state index contributed by atoms with van der Waals surface area (Å²) in [5.41, 5.74) is 3.68. The predicted octanol–water partition coefficient (Wildman–Crippen LogP) is 2.48. The highest BCUT2D eigenvalue weighted by Crippen LogP contribution is 2.17. The smallest absolute Gasteiger partial charge is 0.257 e. The Kier molecular flexibility index (Phi) is 6.71. The maximum absolute atomic E-state index is 11.9. The lowest BCUT2D eigenvalue weighted by Crippen LogP contribution is -2.44. The van der Waals surface area contributed by atoms with Crippen LogP contribution in [0.4, 0.5) is 5.69 Å². The molecular formula is C22H29N3O2. The summed E-state index contributed by atoms with van der Waals surface area (Å²) in [6.45, 7) is 7.06. The van der Waals surface area contributed by atoms with Gasteiger partial charge in [-0.1, -0.05) is 29.8 Å². The van der Waals surface area contributed by atoms with Gasteiger partial charge in [0.1, 0.15) is 5.75 Å². The minimum absolute atomic E-state index is 0.0470. The molecule has 27 heavy (non-hydrogen) atoms. The van der Waals surface area contributed by atoms with E-state index in [2.05, 4.69) is 46.4 Å². The zero-order valence-corrected chi connectivity index (χ0v) is 16.3. The number of hydrogen-bond acceptors (Lipinski definition) is 4. The van der Waals surface area contributed by atoms with E-state index in [1.54, 1.807) is 0 Å². The molecule has 0 saturated carbocycles. The summed E-state index contributed by atoms with van der Waals surface area (Å²) in [4.78, 5) is 16.7. The monoisotopic (exact) mass is 367 g/mol. The molecule has 144 valence electrons. The van der Waals surface area contributed by atoms with Gasteiger partial charge in [-0.15, -0.1) is 0 Å². The molecule has 1 fully saturated rings. The number of nitrogens with zero attached hydrogens (tertiary/aromatic N) is 2. The van der Waals surface area contributed by atoms with E-state index in [9.17, 15) is 4.79 Å². The van der Waals surface area contributed by atoms with Gasteiger partial charge in [-0.25, -0.2) is 0 Å². The Labute approximate surface area is 161 Å². The molecule has 1 saturated heterocycles. The number of ether oxygens (including phenoxy) is 1. The second-order valence-corrected chi connectivity index (χ2v) is 7.16. The van der Waals surface area contributed by atoms with Crippen molar-refractivity contribution in [1.82, 2.24) is 10.2 Å². The van der Waals surface area contributed by atoms with E-state index < -0.39 is 0 Å². The van der Waals surface area contributed by atoms with Gasteiger partial charge in [0.25, 0.3) is 5.91 Å². The molecule has 1 N–H and O–H groups in total. The summed E-state index contributed by atoms with van der Waals surface area (Å²) in [5.74, 6) is 0.625. The summed E-state index contributed by atoms with van der Waals surface area (Å²) in [7, 11) is 2.17. The second kappa shape index (κ2) is 9.42. The lowest BCUT2D eigenvalue weighted by Gasteiger charge is -2.34. The van der Waals surface area contributed by atoms with Crippen LogP contribution in [0.5, 0.6) is 5.75 Å². The molecule has 0 atom stereocenters. The molecule has 1 aliphatic rings. The van der Waals surface area contributed by atoms with E-state index in [1.165, 1.54) is 16.8 Å². The van der Waals surface area contributed by atoms with Crippen LogP contribution in [0.1, 0.15) is 11.1 Å². The number of anilines is 1. The minimum Gasteiger partial charge on any atom is -0.484 e. The fourth-order valence-electron chi connectivity index (χ4n) is 3.12. The Hall–Kier alpha value is -2.53. The predicted molar refractivity (Wildman–Crippen MR) is 110 cm³/mol. The van der Waals surface area contributed by atoms with Crippen LogP contribution in [-0.2, 0) is 11.2 Å². The fraction of sp³-hybridized carbons (Fsp3) is 0.409. The maximum Gasteiger partial charge on any atom is 0.257 e. The first-order valence-electron chi connectivity index (χ1n) is 9.59. The Balaban J connectivity index is 1.37. The zero-order valence-electron chi connectivity index (χ0n) is 16.3. The molecule has 2 aromatic carbocycles. The molecule has 2 aromatic rings. The first-order valence-corrected chi connectivity index (χ1v) is 9.59. The number of benzene rings is 2. The van der Waals surface area contributed by atoms with Gasteiger partial charge < -0.3 is 19.9 Å². The third-order valence-electron chi connectivity index (χ3n) is 4.93. The minimum atomic E-state index is -0.0929. The van der Waals surface area contributed by atoms with Crippen molar-refractivity contribution >= 4 is 11.6 Å². The number of piperazine rings is 1. The average molecular weight is 367 g/mol. The van der Waals surface area contributed by atoms with Crippen LogP contribution in [-0.4, -0.2) is 57.2 Å². The van der Waals surface area contributed by atoms with E-state index in [4.69, 9.17) is 4.74 Å². The van der Waals surface area contributed by atoms with Crippen molar-refractivity contribution in [3.63, 3.8) is 0 Å². The summed E-state index contributed by atoms with van der Waals surface area (Å²) >= 11 is 0. The molecule has 0 unspecified atom stereocenters. The molecule has 0 spiro atoms. The summed E-state index contributed by atoms with van der Waals surface area (Å²) in [5, 5.41) is 2.92. The third kappa shape index (κ3) is 6.00. The van der Waals surface area contributed by atoms with E-state index in [1.807, 2.05) is 31.2 Å². The number of nitrogens with one attached hydrogen (secondary N) is 1. The van der Waals surface area contributed by atoms with Gasteiger partial charge in [0.05, 0.1) is 0 Å². The quantitative estimate of drug-likeness (QED) is 0.817. The Bertz CT molecular complexity index is 720. The molecule has 1 aliphatic heterocycles. The van der Waals surface area contributed by atoms with Crippen molar-refractivity contribution in [3.05, 3.63) is 59.7 Å². The van der Waals surface area contributed by atoms with Gasteiger partial charge >= 0.3 is 0 Å². The SMILES string of the molecule is Cc1ccc(OCC(=O)NCCc2ccc(N3CCN(C)CC3)cc2)cc1. The Morgan fingerprint density at radius 3 is 2.33 bits per heavy atom. The molecule has 0 aromatic heterocycles. The molecule has 0 aliphatic carbocycles. The molecule has 3 rings (SSSR count). The van der Waals surface area contributed by atoms with Crippen molar-refractivity contribution in [1.29, 1.82) is 0 Å². The first-order chi connectivity index (χ1) is 13.1. The average Bonchev–Trinajstić information content (AvgIpc) is 2.69. The van der Waals surface area contributed by atoms with Gasteiger partial charge in [0.2, 0.25) is 0 Å². The zero-order chi connectivity index (χ0) is 19.1. The number of hydrogen-bond donors (Lipinski definition) is 1. The molecular weight excluding hydrogens is 338 g/mol. The maximum atomic E-state index is 11.9. The summed E-state index contributed by atoms with van der Waals surface area (Å²) in [6, 6.07) is 16.4. The van der Waals surface area contributed by atoms with Crippen molar-refractivity contribution in [2.24, 2.45) is 0 Å². The van der Waals surface area contributed by atoms with Crippen molar-refractivity contribution in [2.45, 2.75) is 13.3 Å². The lowest BCUT2D eigenvalue weighted by molar-refractivity contribution is -0.123. The number of rotatable bonds is 7. The van der Waals surface area contributed by atoms with E-state index >= 15 is 0 Å². The molecule has 1 heterocycles. The topological polar surface area (TPSA) is 44.8 Å². The van der Waals surface area contributed by atoms with Crippen LogP contribution >= 0.6 is 0 Å². The Morgan fingerprint density at radius 1 is 1.00 bits per heavy atom. The van der Waals surface area contributed by atoms with E-state index in [0.29, 0.717) is 6.54 Å². The molecule has 5 nitrogen and oxygen atoms in total. The van der Waals surface area contributed by atoms with Crippen LogP contribution in [0.15, 0.2) is 48.5 Å². The van der Waals surface area contributed by atoms with Crippen molar-refractivity contribution in [3.8, 4) is 5.75 Å².